The van der Waals surface area contributed by atoms with E-state index in [1.165, 1.54) is 11.8 Å². The van der Waals surface area contributed by atoms with Gasteiger partial charge in [-0.1, -0.05) is 50.1 Å². The van der Waals surface area contributed by atoms with Gasteiger partial charge in [-0.25, -0.2) is 8.42 Å². The topological polar surface area (TPSA) is 46.2 Å². The molecule has 0 bridgehead atoms. The zero-order chi connectivity index (χ0) is 15.2. The Morgan fingerprint density at radius 2 is 1.80 bits per heavy atom. The SMILES string of the molecule is CCCCC(NCC(C)(C)S(C)(=O)=O)c1ccccc1. The fraction of sp³-hybridized carbons (Fsp3) is 0.625. The third kappa shape index (κ3) is 4.91. The Bertz CT molecular complexity index is 494. The molecule has 0 aromatic heterocycles. The van der Waals surface area contributed by atoms with Gasteiger partial charge < -0.3 is 5.32 Å². The Balaban J connectivity index is 2.77. The number of hydrogen-bond donors (Lipinski definition) is 1. The maximum Gasteiger partial charge on any atom is 0.153 e. The Kier molecular flexibility index (Phi) is 6.21. The highest BCUT2D eigenvalue weighted by Gasteiger charge is 2.30. The second-order valence-corrected chi connectivity index (χ2v) is 8.67. The lowest BCUT2D eigenvalue weighted by molar-refractivity contribution is 0.443. The van der Waals surface area contributed by atoms with E-state index >= 15 is 0 Å². The number of benzene rings is 1. The highest BCUT2D eigenvalue weighted by Crippen LogP contribution is 2.21. The highest BCUT2D eigenvalue weighted by atomic mass is 32.2. The van der Waals surface area contributed by atoms with Crippen LogP contribution in [0.2, 0.25) is 0 Å². The van der Waals surface area contributed by atoms with Gasteiger partial charge in [-0.3, -0.25) is 0 Å². The third-order valence-electron chi connectivity index (χ3n) is 3.83. The summed E-state index contributed by atoms with van der Waals surface area (Å²) in [7, 11) is -3.06. The smallest absolute Gasteiger partial charge is 0.153 e. The predicted octanol–water partition coefficient (Wildman–Crippen LogP) is 3.33. The molecule has 1 aromatic carbocycles. The van der Waals surface area contributed by atoms with Crippen molar-refractivity contribution in [3.05, 3.63) is 35.9 Å². The minimum absolute atomic E-state index is 0.220. The van der Waals surface area contributed by atoms with Crippen LogP contribution in [0.25, 0.3) is 0 Å². The Morgan fingerprint density at radius 1 is 1.20 bits per heavy atom. The summed E-state index contributed by atoms with van der Waals surface area (Å²) in [6, 6.07) is 10.5. The second-order valence-electron chi connectivity index (χ2n) is 6.02. The van der Waals surface area contributed by atoms with Gasteiger partial charge in [-0.05, 0) is 25.8 Å². The van der Waals surface area contributed by atoms with E-state index in [1.807, 2.05) is 18.2 Å². The number of rotatable bonds is 8. The van der Waals surface area contributed by atoms with Crippen LogP contribution in [0.4, 0.5) is 0 Å². The lowest BCUT2D eigenvalue weighted by Gasteiger charge is -2.27. The van der Waals surface area contributed by atoms with Crippen LogP contribution < -0.4 is 5.32 Å². The van der Waals surface area contributed by atoms with Crippen LogP contribution >= 0.6 is 0 Å². The normalized spacial score (nSPS) is 14.2. The molecule has 1 unspecified atom stereocenters. The van der Waals surface area contributed by atoms with Crippen LogP contribution in [0.1, 0.15) is 51.6 Å². The van der Waals surface area contributed by atoms with Crippen molar-refractivity contribution < 1.29 is 8.42 Å². The Hall–Kier alpha value is -0.870. The van der Waals surface area contributed by atoms with Gasteiger partial charge in [0.2, 0.25) is 0 Å². The third-order valence-corrected chi connectivity index (χ3v) is 5.98. The Morgan fingerprint density at radius 3 is 2.30 bits per heavy atom. The van der Waals surface area contributed by atoms with Crippen molar-refractivity contribution in [1.29, 1.82) is 0 Å². The lowest BCUT2D eigenvalue weighted by Crippen LogP contribution is -2.42. The fourth-order valence-corrected chi connectivity index (χ4v) is 2.33. The molecule has 114 valence electrons. The van der Waals surface area contributed by atoms with Gasteiger partial charge in [0.1, 0.15) is 0 Å². The molecule has 0 radical (unpaired) electrons. The molecule has 1 aromatic rings. The van der Waals surface area contributed by atoms with E-state index in [0.717, 1.165) is 19.3 Å². The number of hydrogen-bond acceptors (Lipinski definition) is 3. The molecule has 0 fully saturated rings. The van der Waals surface area contributed by atoms with Gasteiger partial charge in [0, 0.05) is 18.8 Å². The molecule has 0 spiro atoms. The number of sulfone groups is 1. The summed E-state index contributed by atoms with van der Waals surface area (Å²) < 4.78 is 22.8. The molecule has 0 aliphatic rings. The monoisotopic (exact) mass is 297 g/mol. The van der Waals surface area contributed by atoms with Gasteiger partial charge in [-0.2, -0.15) is 0 Å². The van der Waals surface area contributed by atoms with Crippen molar-refractivity contribution in [3.63, 3.8) is 0 Å². The molecule has 20 heavy (non-hydrogen) atoms. The fourth-order valence-electron chi connectivity index (χ4n) is 1.98. The van der Waals surface area contributed by atoms with Gasteiger partial charge >= 0.3 is 0 Å². The summed E-state index contributed by atoms with van der Waals surface area (Å²) >= 11 is 0. The lowest BCUT2D eigenvalue weighted by atomic mass is 10.0. The highest BCUT2D eigenvalue weighted by molar-refractivity contribution is 7.92. The zero-order valence-corrected chi connectivity index (χ0v) is 13.8. The van der Waals surface area contributed by atoms with E-state index in [0.29, 0.717) is 6.54 Å². The van der Waals surface area contributed by atoms with Crippen LogP contribution in [0.3, 0.4) is 0 Å². The van der Waals surface area contributed by atoms with Crippen molar-refractivity contribution in [2.24, 2.45) is 0 Å². The van der Waals surface area contributed by atoms with Gasteiger partial charge in [0.05, 0.1) is 4.75 Å². The first-order valence-corrected chi connectivity index (χ1v) is 9.15. The van der Waals surface area contributed by atoms with Gasteiger partial charge in [-0.15, -0.1) is 0 Å². The average molecular weight is 297 g/mol. The largest absolute Gasteiger partial charge is 0.308 e. The van der Waals surface area contributed by atoms with Crippen LogP contribution in [-0.2, 0) is 9.84 Å². The summed E-state index contributed by atoms with van der Waals surface area (Å²) in [5.41, 5.74) is 1.23. The predicted molar refractivity (Wildman–Crippen MR) is 85.6 cm³/mol. The van der Waals surface area contributed by atoms with Crippen molar-refractivity contribution in [3.8, 4) is 0 Å². The maximum absolute atomic E-state index is 11.8. The van der Waals surface area contributed by atoms with Crippen molar-refractivity contribution in [2.45, 2.75) is 50.8 Å². The molecule has 0 aliphatic carbocycles. The maximum atomic E-state index is 11.8. The van der Waals surface area contributed by atoms with Crippen LogP contribution in [-0.4, -0.2) is 26.0 Å². The van der Waals surface area contributed by atoms with E-state index in [1.54, 1.807) is 13.8 Å². The molecular formula is C16H27NO2S. The number of nitrogens with one attached hydrogen (secondary N) is 1. The number of unbranched alkanes of at least 4 members (excludes halogenated alkanes) is 1. The standard InChI is InChI=1S/C16H27NO2S/c1-5-6-12-15(14-10-8-7-9-11-14)17-13-16(2,3)20(4,18)19/h7-11,15,17H,5-6,12-13H2,1-4H3. The second kappa shape index (κ2) is 7.23. The molecule has 4 heteroatoms. The molecule has 0 aliphatic heterocycles. The molecule has 3 nitrogen and oxygen atoms in total. The first-order valence-electron chi connectivity index (χ1n) is 7.26. The van der Waals surface area contributed by atoms with E-state index in [-0.39, 0.29) is 6.04 Å². The van der Waals surface area contributed by atoms with Crippen molar-refractivity contribution >= 4 is 9.84 Å². The zero-order valence-electron chi connectivity index (χ0n) is 13.0. The molecule has 0 saturated carbocycles. The molecule has 0 heterocycles. The summed E-state index contributed by atoms with van der Waals surface area (Å²) in [5.74, 6) is 0. The minimum Gasteiger partial charge on any atom is -0.308 e. The first kappa shape index (κ1) is 17.2. The molecule has 1 rings (SSSR count). The van der Waals surface area contributed by atoms with Gasteiger partial charge in [0.25, 0.3) is 0 Å². The Labute approximate surface area is 123 Å². The quantitative estimate of drug-likeness (QED) is 0.800. The summed E-state index contributed by atoms with van der Waals surface area (Å²) in [4.78, 5) is 0. The molecule has 0 amide bonds. The van der Waals surface area contributed by atoms with Gasteiger partial charge in [0.15, 0.2) is 9.84 Å². The van der Waals surface area contributed by atoms with E-state index in [4.69, 9.17) is 0 Å². The van der Waals surface area contributed by atoms with E-state index < -0.39 is 14.6 Å². The van der Waals surface area contributed by atoms with Crippen molar-refractivity contribution in [1.82, 2.24) is 5.32 Å². The van der Waals surface area contributed by atoms with E-state index in [9.17, 15) is 8.42 Å². The summed E-state index contributed by atoms with van der Waals surface area (Å²) in [6.45, 7) is 6.19. The minimum atomic E-state index is -3.06. The molecule has 1 atom stereocenters. The summed E-state index contributed by atoms with van der Waals surface area (Å²) in [5, 5.41) is 3.44. The van der Waals surface area contributed by atoms with Crippen molar-refractivity contribution in [2.75, 3.05) is 12.8 Å². The van der Waals surface area contributed by atoms with Crippen LogP contribution in [0.5, 0.6) is 0 Å². The molecular weight excluding hydrogens is 270 g/mol. The van der Waals surface area contributed by atoms with Crippen LogP contribution in [0.15, 0.2) is 30.3 Å². The molecule has 0 saturated heterocycles. The van der Waals surface area contributed by atoms with E-state index in [2.05, 4.69) is 24.4 Å². The summed E-state index contributed by atoms with van der Waals surface area (Å²) in [6.07, 6.45) is 4.60. The molecule has 1 N–H and O–H groups in total. The average Bonchev–Trinajstić information content (AvgIpc) is 2.38. The van der Waals surface area contributed by atoms with Crippen LogP contribution in [0, 0.1) is 0 Å². The first-order chi connectivity index (χ1) is 9.28.